The van der Waals surface area contributed by atoms with Crippen molar-refractivity contribution in [2.75, 3.05) is 39.2 Å². The van der Waals surface area contributed by atoms with Crippen LogP contribution >= 0.6 is 0 Å². The summed E-state index contributed by atoms with van der Waals surface area (Å²) >= 11 is 0. The molecule has 0 aromatic carbocycles. The summed E-state index contributed by atoms with van der Waals surface area (Å²) in [5.41, 5.74) is -2.82. The van der Waals surface area contributed by atoms with Gasteiger partial charge in [0.15, 0.2) is 18.7 Å². The molecule has 4 heterocycles. The summed E-state index contributed by atoms with van der Waals surface area (Å²) in [7, 11) is 3.69. The van der Waals surface area contributed by atoms with E-state index in [1.165, 1.54) is 27.0 Å². The van der Waals surface area contributed by atoms with E-state index < -0.39 is 95.8 Å². The number of cyclic esters (lactones) is 1. The van der Waals surface area contributed by atoms with Crippen LogP contribution < -0.4 is 5.32 Å². The number of hydrogen-bond acceptors (Lipinski definition) is 15. The standard InChI is InChI=1S/C41H63N5O12/c1-12-30-41(9,52)37-24(4)33(43-27(7)47)22(2)18-40(8,54-20-28(19-53-37)45-55-21-32(48)44-31-15-13-14-16-42-31)36(25(5)34(49)26(6)38(51)57-30)58-39-35(50)29(46(10)11)17-23(3)56-39/h13-16,22-26,29-30,35-37,39,50,52H,12,17-21H2,1-11H3,(H,42,44,48)/b43-33?,45-28-/t22-,23-,24+,25+,26-,29+,30-,35-,36-,37-,39+,40?,41-/m1/s1. The Kier molecular flexibility index (Phi) is 16.2. The van der Waals surface area contributed by atoms with Gasteiger partial charge in [0, 0.05) is 36.7 Å². The smallest absolute Gasteiger partial charge is 0.316 e. The van der Waals surface area contributed by atoms with Crippen molar-refractivity contribution >= 4 is 40.8 Å². The molecule has 13 atom stereocenters. The number of aromatic nitrogens is 1. The molecule has 2 bridgehead atoms. The molecule has 3 aliphatic rings. The van der Waals surface area contributed by atoms with Gasteiger partial charge in [0.2, 0.25) is 5.91 Å². The van der Waals surface area contributed by atoms with Crippen LogP contribution in [0.15, 0.2) is 34.5 Å². The predicted molar refractivity (Wildman–Crippen MR) is 213 cm³/mol. The van der Waals surface area contributed by atoms with Crippen molar-refractivity contribution in [3.05, 3.63) is 24.4 Å². The maximum Gasteiger partial charge on any atom is 0.316 e. The number of aliphatic hydroxyl groups is 2. The Bertz CT molecular complexity index is 1660. The van der Waals surface area contributed by atoms with Gasteiger partial charge in [0.1, 0.15) is 35.3 Å². The van der Waals surface area contributed by atoms with Crippen molar-refractivity contribution in [3.63, 3.8) is 0 Å². The predicted octanol–water partition coefficient (Wildman–Crippen LogP) is 2.96. The molecule has 1 unspecified atom stereocenters. The second-order valence-corrected chi connectivity index (χ2v) is 16.6. The molecule has 3 N–H and O–H groups in total. The molecule has 324 valence electrons. The Labute approximate surface area is 341 Å². The van der Waals surface area contributed by atoms with Crippen LogP contribution in [0, 0.1) is 23.7 Å². The number of aliphatic imine (C=N–C) groups is 1. The van der Waals surface area contributed by atoms with Gasteiger partial charge in [0.05, 0.1) is 37.1 Å². The maximum atomic E-state index is 14.4. The Balaban J connectivity index is 1.90. The van der Waals surface area contributed by atoms with Crippen molar-refractivity contribution in [2.45, 2.75) is 136 Å². The van der Waals surface area contributed by atoms with Gasteiger partial charge in [-0.05, 0) is 79.1 Å². The number of hydrogen-bond donors (Lipinski definition) is 3. The molecule has 0 spiro atoms. The van der Waals surface area contributed by atoms with Gasteiger partial charge in [-0.2, -0.15) is 0 Å². The number of nitrogens with one attached hydrogen (secondary N) is 1. The quantitative estimate of drug-likeness (QED) is 0.195. The van der Waals surface area contributed by atoms with E-state index in [1.54, 1.807) is 45.9 Å². The number of oxime groups is 1. The zero-order chi connectivity index (χ0) is 43.1. The number of anilines is 1. The first-order valence-electron chi connectivity index (χ1n) is 20.0. The summed E-state index contributed by atoms with van der Waals surface area (Å²) in [6.07, 6.45) is -3.91. The average molecular weight is 818 g/mol. The summed E-state index contributed by atoms with van der Waals surface area (Å²) < 4.78 is 32.1. The molecule has 17 heteroatoms. The minimum absolute atomic E-state index is 0.0900. The highest BCUT2D eigenvalue weighted by atomic mass is 16.7. The molecule has 4 rings (SSSR count). The second-order valence-electron chi connectivity index (χ2n) is 16.6. The van der Waals surface area contributed by atoms with Crippen LogP contribution in [0.4, 0.5) is 5.82 Å². The third-order valence-electron chi connectivity index (χ3n) is 11.4. The number of fused-ring (bicyclic) bond motifs is 5. The van der Waals surface area contributed by atoms with Gasteiger partial charge in [-0.15, -0.1) is 0 Å². The summed E-state index contributed by atoms with van der Waals surface area (Å²) in [6, 6.07) is 4.71. The third kappa shape index (κ3) is 11.3. The lowest BCUT2D eigenvalue weighted by atomic mass is 9.73. The van der Waals surface area contributed by atoms with E-state index in [2.05, 4.69) is 20.4 Å². The summed E-state index contributed by atoms with van der Waals surface area (Å²) in [5, 5.41) is 30.8. The summed E-state index contributed by atoms with van der Waals surface area (Å²) in [6.45, 7) is 13.7. The number of ketones is 1. The molecule has 0 radical (unpaired) electrons. The fraction of sp³-hybridized carbons (Fsp3) is 0.732. The van der Waals surface area contributed by atoms with Gasteiger partial charge in [-0.1, -0.05) is 38.9 Å². The van der Waals surface area contributed by atoms with Crippen molar-refractivity contribution < 1.29 is 57.9 Å². The number of ether oxygens (including phenoxy) is 5. The maximum absolute atomic E-state index is 14.4. The van der Waals surface area contributed by atoms with Gasteiger partial charge >= 0.3 is 5.97 Å². The molecular formula is C41H63N5O12. The molecule has 58 heavy (non-hydrogen) atoms. The largest absolute Gasteiger partial charge is 0.459 e. The lowest BCUT2D eigenvalue weighted by Gasteiger charge is -2.47. The first kappa shape index (κ1) is 47.0. The molecule has 17 nitrogen and oxygen atoms in total. The van der Waals surface area contributed by atoms with E-state index in [0.29, 0.717) is 18.0 Å². The second kappa shape index (κ2) is 20.0. The lowest BCUT2D eigenvalue weighted by molar-refractivity contribution is -0.296. The van der Waals surface area contributed by atoms with Crippen LogP contribution in [0.25, 0.3) is 0 Å². The molecule has 0 saturated carbocycles. The monoisotopic (exact) mass is 817 g/mol. The molecule has 3 aliphatic heterocycles. The minimum Gasteiger partial charge on any atom is -0.459 e. The van der Waals surface area contributed by atoms with Crippen molar-refractivity contribution in [2.24, 2.45) is 33.8 Å². The van der Waals surface area contributed by atoms with E-state index in [4.69, 9.17) is 28.5 Å². The molecular weight excluding hydrogens is 754 g/mol. The summed E-state index contributed by atoms with van der Waals surface area (Å²) in [5.74, 6) is -5.77. The Morgan fingerprint density at radius 2 is 1.79 bits per heavy atom. The van der Waals surface area contributed by atoms with Crippen LogP contribution in [0.5, 0.6) is 0 Å². The van der Waals surface area contributed by atoms with Gasteiger partial charge in [-0.3, -0.25) is 19.2 Å². The summed E-state index contributed by atoms with van der Waals surface area (Å²) in [4.78, 5) is 69.7. The number of pyridine rings is 1. The Morgan fingerprint density at radius 1 is 1.09 bits per heavy atom. The number of Topliss-reactive ketones (excluding diaryl/α,β-unsaturated/α-hetero) is 1. The number of likely N-dealkylation sites (N-methyl/N-ethyl adjacent to an activating group) is 1. The normalized spacial score (nSPS) is 38.3. The molecule has 1 aromatic rings. The molecule has 3 saturated heterocycles. The number of carbonyl (C=O) groups is 4. The molecule has 3 fully saturated rings. The molecule has 0 aliphatic carbocycles. The zero-order valence-corrected chi connectivity index (χ0v) is 35.7. The van der Waals surface area contributed by atoms with Crippen molar-refractivity contribution in [3.8, 4) is 0 Å². The number of esters is 1. The average Bonchev–Trinajstić information content (AvgIpc) is 3.17. The number of nitrogens with zero attached hydrogens (tertiary/aromatic N) is 4. The number of carbonyl (C=O) groups excluding carboxylic acids is 4. The van der Waals surface area contributed by atoms with E-state index in [9.17, 15) is 29.4 Å². The van der Waals surface area contributed by atoms with Crippen LogP contribution in [-0.4, -0.2) is 143 Å². The van der Waals surface area contributed by atoms with E-state index in [-0.39, 0.29) is 43.9 Å². The van der Waals surface area contributed by atoms with E-state index >= 15 is 0 Å². The molecule has 2 amide bonds. The fourth-order valence-electron chi connectivity index (χ4n) is 8.40. The van der Waals surface area contributed by atoms with Gasteiger partial charge in [-0.25, -0.2) is 9.98 Å². The highest BCUT2D eigenvalue weighted by Gasteiger charge is 2.53. The van der Waals surface area contributed by atoms with Crippen LogP contribution in [0.3, 0.4) is 0 Å². The highest BCUT2D eigenvalue weighted by molar-refractivity contribution is 6.00. The number of amides is 2. The fourth-order valence-corrected chi connectivity index (χ4v) is 8.40. The van der Waals surface area contributed by atoms with Gasteiger partial charge in [0.25, 0.3) is 5.91 Å². The van der Waals surface area contributed by atoms with Crippen molar-refractivity contribution in [1.82, 2.24) is 9.88 Å². The van der Waals surface area contributed by atoms with E-state index in [1.807, 2.05) is 32.8 Å². The van der Waals surface area contributed by atoms with Crippen molar-refractivity contribution in [1.29, 1.82) is 0 Å². The third-order valence-corrected chi connectivity index (χ3v) is 11.4. The Morgan fingerprint density at radius 3 is 2.41 bits per heavy atom. The topological polar surface area (TPSA) is 217 Å². The van der Waals surface area contributed by atoms with Gasteiger partial charge < -0.3 is 49.0 Å². The highest BCUT2D eigenvalue weighted by Crippen LogP contribution is 2.40. The number of rotatable bonds is 8. The Hall–Kier alpha value is -3.71. The first-order valence-corrected chi connectivity index (χ1v) is 20.0. The zero-order valence-electron chi connectivity index (χ0n) is 35.7. The van der Waals surface area contributed by atoms with Crippen LogP contribution in [0.2, 0.25) is 0 Å². The number of aliphatic hydroxyl groups excluding tert-OH is 1. The van der Waals surface area contributed by atoms with Crippen LogP contribution in [0.1, 0.15) is 81.6 Å². The molecule has 1 aromatic heterocycles. The minimum atomic E-state index is -1.90. The lowest BCUT2D eigenvalue weighted by Crippen LogP contribution is -2.60. The first-order chi connectivity index (χ1) is 27.2. The SMILES string of the molecule is CC[C@H]1OC(=O)[C@H](C)C(=O)[C@H](C)[C@@H](O[C@@H]2O[C@H](C)C[C@H](N(C)C)[C@H]2O)C2(C)C[C@@H](C)C(=NC(C)=O)[C@H](C)[C@@H](OC/C(=N/OCC(=O)Nc3ccccn3)CO2)[C@]1(C)O. The van der Waals surface area contributed by atoms with E-state index in [0.717, 1.165) is 0 Å². The van der Waals surface area contributed by atoms with Crippen LogP contribution in [-0.2, 0) is 47.7 Å².